The summed E-state index contributed by atoms with van der Waals surface area (Å²) in [7, 11) is -0.930. The van der Waals surface area contributed by atoms with Gasteiger partial charge in [0.2, 0.25) is 5.91 Å². The van der Waals surface area contributed by atoms with Gasteiger partial charge in [-0.3, -0.25) is 9.00 Å². The van der Waals surface area contributed by atoms with E-state index in [2.05, 4.69) is 5.32 Å². The molecule has 2 unspecified atom stereocenters. The molecule has 0 rings (SSSR count). The van der Waals surface area contributed by atoms with Crippen molar-refractivity contribution in [3.05, 3.63) is 0 Å². The molecule has 1 amide bonds. The topological polar surface area (TPSA) is 72.2 Å². The average molecular weight is 220 g/mol. The highest BCUT2D eigenvalue weighted by molar-refractivity contribution is 7.85. The van der Waals surface area contributed by atoms with Crippen molar-refractivity contribution in [1.29, 1.82) is 0 Å². The van der Waals surface area contributed by atoms with Gasteiger partial charge in [0.05, 0.1) is 0 Å². The second-order valence-corrected chi connectivity index (χ2v) is 5.15. The smallest absolute Gasteiger partial charge is 0.220 e. The predicted octanol–water partition coefficient (Wildman–Crippen LogP) is -0.00140. The third kappa shape index (κ3) is 6.10. The second-order valence-electron chi connectivity index (χ2n) is 3.18. The lowest BCUT2D eigenvalue weighted by Crippen LogP contribution is -2.26. The standard InChI is InChI=1S/C9H20N2O2S/c1-3-11-9(12)5-7-14(13)8(2)4-6-10/h8H,3-7,10H2,1-2H3,(H,11,12). The molecule has 0 aromatic carbocycles. The van der Waals surface area contributed by atoms with Gasteiger partial charge < -0.3 is 11.1 Å². The van der Waals surface area contributed by atoms with Gasteiger partial charge in [-0.25, -0.2) is 0 Å². The van der Waals surface area contributed by atoms with Crippen LogP contribution in [-0.4, -0.2) is 34.2 Å². The van der Waals surface area contributed by atoms with Crippen LogP contribution in [0.3, 0.4) is 0 Å². The minimum absolute atomic E-state index is 0.0270. The summed E-state index contributed by atoms with van der Waals surface area (Å²) in [5.41, 5.74) is 5.36. The molecule has 0 aliphatic rings. The number of nitrogens with one attached hydrogen (secondary N) is 1. The first-order chi connectivity index (χ1) is 6.61. The Morgan fingerprint density at radius 3 is 2.71 bits per heavy atom. The normalized spacial score (nSPS) is 14.8. The fourth-order valence-corrected chi connectivity index (χ4v) is 2.23. The molecule has 0 heterocycles. The fourth-order valence-electron chi connectivity index (χ4n) is 1.05. The molecule has 3 N–H and O–H groups in total. The van der Waals surface area contributed by atoms with Crippen molar-refractivity contribution in [3.63, 3.8) is 0 Å². The van der Waals surface area contributed by atoms with Crippen molar-refractivity contribution in [1.82, 2.24) is 5.32 Å². The second kappa shape index (κ2) is 7.94. The molecule has 0 radical (unpaired) electrons. The maximum absolute atomic E-state index is 11.5. The first-order valence-corrected chi connectivity index (χ1v) is 6.34. The van der Waals surface area contributed by atoms with E-state index in [0.29, 0.717) is 25.3 Å². The number of hydrogen-bond donors (Lipinski definition) is 2. The van der Waals surface area contributed by atoms with Crippen molar-refractivity contribution in [3.8, 4) is 0 Å². The van der Waals surface area contributed by atoms with E-state index in [1.54, 1.807) is 0 Å². The monoisotopic (exact) mass is 220 g/mol. The van der Waals surface area contributed by atoms with E-state index in [1.165, 1.54) is 0 Å². The summed E-state index contributed by atoms with van der Waals surface area (Å²) >= 11 is 0. The minimum atomic E-state index is -0.930. The molecule has 0 fully saturated rings. The van der Waals surface area contributed by atoms with Crippen molar-refractivity contribution < 1.29 is 9.00 Å². The van der Waals surface area contributed by atoms with Crippen LogP contribution >= 0.6 is 0 Å². The largest absolute Gasteiger partial charge is 0.356 e. The number of hydrogen-bond acceptors (Lipinski definition) is 3. The molecule has 0 saturated carbocycles. The van der Waals surface area contributed by atoms with Gasteiger partial charge in [0.25, 0.3) is 0 Å². The minimum Gasteiger partial charge on any atom is -0.356 e. The number of nitrogens with two attached hydrogens (primary N) is 1. The van der Waals surface area contributed by atoms with Crippen molar-refractivity contribution in [2.24, 2.45) is 5.73 Å². The van der Waals surface area contributed by atoms with Crippen LogP contribution in [0, 0.1) is 0 Å². The summed E-state index contributed by atoms with van der Waals surface area (Å²) in [6.45, 7) is 4.95. The molecular formula is C9H20N2O2S. The van der Waals surface area contributed by atoms with E-state index in [9.17, 15) is 9.00 Å². The molecule has 0 saturated heterocycles. The van der Waals surface area contributed by atoms with Gasteiger partial charge in [-0.15, -0.1) is 0 Å². The maximum atomic E-state index is 11.5. The Morgan fingerprint density at radius 2 is 2.21 bits per heavy atom. The summed E-state index contributed by atoms with van der Waals surface area (Å²) in [6.07, 6.45) is 1.09. The van der Waals surface area contributed by atoms with Gasteiger partial charge in [-0.1, -0.05) is 6.92 Å². The van der Waals surface area contributed by atoms with E-state index in [4.69, 9.17) is 5.73 Å². The van der Waals surface area contributed by atoms with Gasteiger partial charge in [0.15, 0.2) is 0 Å². The summed E-state index contributed by atoms with van der Waals surface area (Å²) in [5.74, 6) is 0.410. The van der Waals surface area contributed by atoms with Crippen LogP contribution in [-0.2, 0) is 15.6 Å². The molecule has 5 heteroatoms. The maximum Gasteiger partial charge on any atom is 0.220 e. The highest BCUT2D eigenvalue weighted by Crippen LogP contribution is 2.01. The number of carbonyl (C=O) groups excluding carboxylic acids is 1. The van der Waals surface area contributed by atoms with Crippen LogP contribution in [0.15, 0.2) is 0 Å². The zero-order valence-corrected chi connectivity index (χ0v) is 9.73. The third-order valence-electron chi connectivity index (χ3n) is 1.93. The van der Waals surface area contributed by atoms with Crippen LogP contribution in [0.5, 0.6) is 0 Å². The Labute approximate surface area is 88.1 Å². The Hall–Kier alpha value is -0.420. The SMILES string of the molecule is CCNC(=O)CCS(=O)C(C)CCN. The lowest BCUT2D eigenvalue weighted by molar-refractivity contribution is -0.120. The molecule has 84 valence electrons. The van der Waals surface area contributed by atoms with Crippen LogP contribution in [0.4, 0.5) is 0 Å². The number of amides is 1. The average Bonchev–Trinajstić information content (AvgIpc) is 2.15. The Balaban J connectivity index is 3.67. The van der Waals surface area contributed by atoms with E-state index < -0.39 is 10.8 Å². The Bertz CT molecular complexity index is 197. The van der Waals surface area contributed by atoms with Gasteiger partial charge in [0, 0.05) is 34.8 Å². The summed E-state index contributed by atoms with van der Waals surface area (Å²) in [6, 6.07) is 0. The summed E-state index contributed by atoms with van der Waals surface area (Å²) < 4.78 is 11.5. The number of rotatable bonds is 7. The quantitative estimate of drug-likeness (QED) is 0.634. The Morgan fingerprint density at radius 1 is 1.57 bits per heavy atom. The van der Waals surface area contributed by atoms with Crippen molar-refractivity contribution in [2.45, 2.75) is 31.9 Å². The number of carbonyl (C=O) groups is 1. The molecule has 2 atom stereocenters. The first-order valence-electron chi connectivity index (χ1n) is 4.95. The van der Waals surface area contributed by atoms with Crippen molar-refractivity contribution in [2.75, 3.05) is 18.8 Å². The molecule has 0 bridgehead atoms. The summed E-state index contributed by atoms with van der Waals surface area (Å²) in [4.78, 5) is 11.1. The highest BCUT2D eigenvalue weighted by Gasteiger charge is 2.11. The molecule has 0 spiro atoms. The van der Waals surface area contributed by atoms with E-state index in [0.717, 1.165) is 6.42 Å². The Kier molecular flexibility index (Phi) is 7.70. The molecule has 0 aliphatic heterocycles. The highest BCUT2D eigenvalue weighted by atomic mass is 32.2. The van der Waals surface area contributed by atoms with Crippen LogP contribution in [0.2, 0.25) is 0 Å². The molecular weight excluding hydrogens is 200 g/mol. The van der Waals surface area contributed by atoms with E-state index in [1.807, 2.05) is 13.8 Å². The first kappa shape index (κ1) is 13.6. The molecule has 0 aromatic heterocycles. The van der Waals surface area contributed by atoms with Gasteiger partial charge >= 0.3 is 0 Å². The van der Waals surface area contributed by atoms with Gasteiger partial charge in [0.1, 0.15) is 0 Å². The van der Waals surface area contributed by atoms with Gasteiger partial charge in [-0.05, 0) is 19.9 Å². The lowest BCUT2D eigenvalue weighted by Gasteiger charge is -2.09. The van der Waals surface area contributed by atoms with Crippen LogP contribution in [0.25, 0.3) is 0 Å². The predicted molar refractivity (Wildman–Crippen MR) is 59.4 cm³/mol. The zero-order chi connectivity index (χ0) is 11.0. The van der Waals surface area contributed by atoms with Crippen LogP contribution in [0.1, 0.15) is 26.7 Å². The van der Waals surface area contributed by atoms with Crippen LogP contribution < -0.4 is 11.1 Å². The zero-order valence-electron chi connectivity index (χ0n) is 8.91. The fraction of sp³-hybridized carbons (Fsp3) is 0.889. The summed E-state index contributed by atoms with van der Waals surface area (Å²) in [5, 5.41) is 2.77. The lowest BCUT2D eigenvalue weighted by atomic mass is 10.3. The molecule has 4 nitrogen and oxygen atoms in total. The third-order valence-corrected chi connectivity index (χ3v) is 3.67. The molecule has 0 aliphatic carbocycles. The van der Waals surface area contributed by atoms with Gasteiger partial charge in [-0.2, -0.15) is 0 Å². The van der Waals surface area contributed by atoms with E-state index >= 15 is 0 Å². The van der Waals surface area contributed by atoms with Crippen molar-refractivity contribution >= 4 is 16.7 Å². The molecule has 14 heavy (non-hydrogen) atoms. The van der Waals surface area contributed by atoms with E-state index in [-0.39, 0.29) is 11.2 Å². The molecule has 0 aromatic rings.